The lowest BCUT2D eigenvalue weighted by atomic mass is 9.83. The highest BCUT2D eigenvalue weighted by atomic mass is 16.6. The summed E-state index contributed by atoms with van der Waals surface area (Å²) in [5.74, 6) is -2.32. The van der Waals surface area contributed by atoms with Crippen LogP contribution in [0.3, 0.4) is 0 Å². The summed E-state index contributed by atoms with van der Waals surface area (Å²) in [5, 5.41) is 8.13. The fraction of sp³-hybridized carbons (Fsp3) is 0.700. The molecule has 224 valence electrons. The lowest BCUT2D eigenvalue weighted by molar-refractivity contribution is -0.143. The van der Waals surface area contributed by atoms with Crippen molar-refractivity contribution in [1.82, 2.24) is 20.9 Å². The van der Waals surface area contributed by atoms with Gasteiger partial charge in [-0.2, -0.15) is 0 Å². The number of alkyl carbamates (subject to hydrolysis) is 1. The van der Waals surface area contributed by atoms with Crippen LogP contribution >= 0.6 is 0 Å². The Morgan fingerprint density at radius 2 is 1.62 bits per heavy atom. The van der Waals surface area contributed by atoms with Crippen LogP contribution < -0.4 is 16.0 Å². The van der Waals surface area contributed by atoms with Crippen molar-refractivity contribution in [1.29, 1.82) is 0 Å². The topological polar surface area (TPSA) is 134 Å². The lowest BCUT2D eigenvalue weighted by Gasteiger charge is -2.35. The maximum atomic E-state index is 13.9. The summed E-state index contributed by atoms with van der Waals surface area (Å²) in [4.78, 5) is 66.8. The Morgan fingerprint density at radius 3 is 2.25 bits per heavy atom. The van der Waals surface area contributed by atoms with Gasteiger partial charge in [0.1, 0.15) is 17.7 Å². The fourth-order valence-corrected chi connectivity index (χ4v) is 5.28. The van der Waals surface area contributed by atoms with Crippen molar-refractivity contribution in [2.45, 2.75) is 115 Å². The molecule has 0 radical (unpaired) electrons. The van der Waals surface area contributed by atoms with Gasteiger partial charge in [-0.25, -0.2) is 4.79 Å². The lowest BCUT2D eigenvalue weighted by Crippen LogP contribution is -2.58. The first-order chi connectivity index (χ1) is 19.0. The Hall–Kier alpha value is -3.17. The molecule has 1 saturated carbocycles. The third-order valence-electron chi connectivity index (χ3n) is 7.28. The van der Waals surface area contributed by atoms with Crippen molar-refractivity contribution in [2.24, 2.45) is 5.92 Å². The standard InChI is InChI=1S/C30H48N4O6/c1-6-8-13-19-31-27(37)25(35)22(17-9-7-2)32-26(36)23-18-14-20-34(23)28(38)24(21-15-11-10-12-16-21)33-29(39)40-30(3,4)5/h6-7,21-24H,1-2,8-20H2,3-5H3,(H,31,37)(H,32,36)(H,33,39)/t22?,23-,24?/m0/s1. The number of ketones is 1. The normalized spacial score (nSPS) is 19.2. The van der Waals surface area contributed by atoms with Crippen molar-refractivity contribution >= 4 is 29.6 Å². The Balaban J connectivity index is 2.15. The summed E-state index contributed by atoms with van der Waals surface area (Å²) < 4.78 is 5.44. The molecule has 0 bridgehead atoms. The van der Waals surface area contributed by atoms with Crippen LogP contribution in [0.1, 0.15) is 91.4 Å². The molecule has 10 nitrogen and oxygen atoms in total. The molecule has 0 spiro atoms. The number of Topliss-reactive ketones (excluding diaryl/α,β-unsaturated/α-hetero) is 1. The molecule has 1 saturated heterocycles. The molecule has 0 aromatic heterocycles. The van der Waals surface area contributed by atoms with Gasteiger partial charge in [0.25, 0.3) is 5.91 Å². The molecule has 10 heteroatoms. The van der Waals surface area contributed by atoms with Crippen LogP contribution in [-0.2, 0) is 23.9 Å². The predicted octanol–water partition coefficient (Wildman–Crippen LogP) is 3.55. The van der Waals surface area contributed by atoms with E-state index < -0.39 is 47.4 Å². The van der Waals surface area contributed by atoms with E-state index in [2.05, 4.69) is 29.1 Å². The Labute approximate surface area is 238 Å². The number of likely N-dealkylation sites (tertiary alicyclic amines) is 1. The smallest absolute Gasteiger partial charge is 0.408 e. The average Bonchev–Trinajstić information content (AvgIpc) is 3.41. The van der Waals surface area contributed by atoms with E-state index in [0.29, 0.717) is 45.2 Å². The Kier molecular flexibility index (Phi) is 13.4. The number of amides is 4. The molecule has 0 aromatic rings. The molecule has 2 aliphatic rings. The van der Waals surface area contributed by atoms with E-state index in [1.54, 1.807) is 32.9 Å². The number of hydrogen-bond acceptors (Lipinski definition) is 6. The summed E-state index contributed by atoms with van der Waals surface area (Å²) in [6.45, 7) is 13.3. The first kappa shape index (κ1) is 33.0. The number of nitrogens with zero attached hydrogens (tertiary/aromatic N) is 1. The molecular formula is C30H48N4O6. The molecule has 3 N–H and O–H groups in total. The number of allylic oxidation sites excluding steroid dienone is 2. The molecule has 2 unspecified atom stereocenters. The maximum Gasteiger partial charge on any atom is 0.408 e. The molecule has 4 amide bonds. The van der Waals surface area contributed by atoms with E-state index in [-0.39, 0.29) is 18.2 Å². The summed E-state index contributed by atoms with van der Waals surface area (Å²) in [5.41, 5.74) is -0.717. The van der Waals surface area contributed by atoms with E-state index in [9.17, 15) is 24.0 Å². The summed E-state index contributed by atoms with van der Waals surface area (Å²) >= 11 is 0. The molecule has 1 aliphatic carbocycles. The highest BCUT2D eigenvalue weighted by Crippen LogP contribution is 2.29. The van der Waals surface area contributed by atoms with Gasteiger partial charge in [0, 0.05) is 13.1 Å². The predicted molar refractivity (Wildman–Crippen MR) is 153 cm³/mol. The monoisotopic (exact) mass is 560 g/mol. The van der Waals surface area contributed by atoms with Crippen molar-refractivity contribution < 1.29 is 28.7 Å². The number of nitrogens with one attached hydrogen (secondary N) is 3. The zero-order chi connectivity index (χ0) is 29.7. The van der Waals surface area contributed by atoms with Crippen LogP contribution in [0.4, 0.5) is 4.79 Å². The first-order valence-corrected chi connectivity index (χ1v) is 14.6. The largest absolute Gasteiger partial charge is 0.444 e. The zero-order valence-corrected chi connectivity index (χ0v) is 24.5. The van der Waals surface area contributed by atoms with Gasteiger partial charge in [0.2, 0.25) is 17.6 Å². The fourth-order valence-electron chi connectivity index (χ4n) is 5.28. The second kappa shape index (κ2) is 16.2. The van der Waals surface area contributed by atoms with E-state index in [4.69, 9.17) is 4.74 Å². The number of carbonyl (C=O) groups is 5. The second-order valence-electron chi connectivity index (χ2n) is 11.7. The quantitative estimate of drug-likeness (QED) is 0.169. The summed E-state index contributed by atoms with van der Waals surface area (Å²) in [6, 6.07) is -2.63. The van der Waals surface area contributed by atoms with Crippen molar-refractivity contribution in [3.8, 4) is 0 Å². The molecule has 1 heterocycles. The van der Waals surface area contributed by atoms with Gasteiger partial charge in [-0.3, -0.25) is 19.2 Å². The van der Waals surface area contributed by atoms with Gasteiger partial charge in [0.05, 0.1) is 6.04 Å². The third-order valence-corrected chi connectivity index (χ3v) is 7.28. The second-order valence-corrected chi connectivity index (χ2v) is 11.7. The number of unbranched alkanes of at least 4 members (excludes halogenated alkanes) is 1. The van der Waals surface area contributed by atoms with Crippen LogP contribution in [0, 0.1) is 5.92 Å². The van der Waals surface area contributed by atoms with Crippen LogP contribution in [0.15, 0.2) is 25.3 Å². The minimum Gasteiger partial charge on any atom is -0.444 e. The number of hydrogen-bond donors (Lipinski definition) is 3. The molecule has 40 heavy (non-hydrogen) atoms. The maximum absolute atomic E-state index is 13.9. The van der Waals surface area contributed by atoms with Crippen molar-refractivity contribution in [3.63, 3.8) is 0 Å². The molecule has 2 fully saturated rings. The molecule has 0 aromatic carbocycles. The summed E-state index contributed by atoms with van der Waals surface area (Å²) in [6.07, 6.45) is 10.4. The molecule has 3 atom stereocenters. The van der Waals surface area contributed by atoms with Crippen LogP contribution in [0.2, 0.25) is 0 Å². The number of ether oxygens (including phenoxy) is 1. The van der Waals surface area contributed by atoms with Gasteiger partial charge in [-0.15, -0.1) is 13.2 Å². The van der Waals surface area contributed by atoms with Gasteiger partial charge in [-0.05, 0) is 78.1 Å². The first-order valence-electron chi connectivity index (χ1n) is 14.6. The minimum absolute atomic E-state index is 0.0511. The molecular weight excluding hydrogens is 512 g/mol. The highest BCUT2D eigenvalue weighted by Gasteiger charge is 2.42. The van der Waals surface area contributed by atoms with Gasteiger partial charge in [0.15, 0.2) is 0 Å². The van der Waals surface area contributed by atoms with E-state index in [1.165, 1.54) is 4.90 Å². The van der Waals surface area contributed by atoms with Gasteiger partial charge >= 0.3 is 6.09 Å². The van der Waals surface area contributed by atoms with E-state index in [1.807, 2.05) is 0 Å². The van der Waals surface area contributed by atoms with Crippen molar-refractivity contribution in [3.05, 3.63) is 25.3 Å². The van der Waals surface area contributed by atoms with Crippen LogP contribution in [0.25, 0.3) is 0 Å². The number of rotatable bonds is 14. The average molecular weight is 561 g/mol. The van der Waals surface area contributed by atoms with E-state index in [0.717, 1.165) is 32.1 Å². The highest BCUT2D eigenvalue weighted by molar-refractivity contribution is 6.38. The molecule has 2 rings (SSSR count). The summed E-state index contributed by atoms with van der Waals surface area (Å²) in [7, 11) is 0. The van der Waals surface area contributed by atoms with Gasteiger partial charge in [-0.1, -0.05) is 31.4 Å². The Bertz CT molecular complexity index is 922. The minimum atomic E-state index is -1.03. The zero-order valence-electron chi connectivity index (χ0n) is 24.5. The SMILES string of the molecule is C=CCCCNC(=O)C(=O)C(CCC=C)NC(=O)[C@@H]1CCCN1C(=O)C(NC(=O)OC(C)(C)C)C1CCCCC1. The third kappa shape index (κ3) is 10.4. The van der Waals surface area contributed by atoms with E-state index >= 15 is 0 Å². The van der Waals surface area contributed by atoms with Crippen molar-refractivity contribution in [2.75, 3.05) is 13.1 Å². The number of carbonyl (C=O) groups excluding carboxylic acids is 5. The van der Waals surface area contributed by atoms with Crippen LogP contribution in [0.5, 0.6) is 0 Å². The van der Waals surface area contributed by atoms with Gasteiger partial charge < -0.3 is 25.6 Å². The Morgan fingerprint density at radius 1 is 0.950 bits per heavy atom. The molecule has 1 aliphatic heterocycles. The van der Waals surface area contributed by atoms with Crippen LogP contribution in [-0.4, -0.2) is 71.3 Å².